The van der Waals surface area contributed by atoms with Crippen molar-refractivity contribution in [2.45, 2.75) is 32.4 Å². The molecule has 0 aromatic heterocycles. The summed E-state index contributed by atoms with van der Waals surface area (Å²) in [5.41, 5.74) is 5.14. The molecule has 0 spiro atoms. The van der Waals surface area contributed by atoms with Gasteiger partial charge in [0.15, 0.2) is 0 Å². The summed E-state index contributed by atoms with van der Waals surface area (Å²) < 4.78 is 5.90. The van der Waals surface area contributed by atoms with Gasteiger partial charge >= 0.3 is 6.03 Å². The Morgan fingerprint density at radius 3 is 2.19 bits per heavy atom. The summed E-state index contributed by atoms with van der Waals surface area (Å²) in [6.07, 6.45) is 0.279. The smallest absolute Gasteiger partial charge is 0.327 e. The minimum Gasteiger partial charge on any atom is -0.376 e. The molecule has 2 saturated heterocycles. The lowest BCUT2D eigenvalue weighted by atomic mass is 9.77. The summed E-state index contributed by atoms with van der Waals surface area (Å²) in [6.45, 7) is 4.02. The highest BCUT2D eigenvalue weighted by Crippen LogP contribution is 2.37. The van der Waals surface area contributed by atoms with Gasteiger partial charge in [0.1, 0.15) is 5.54 Å². The van der Waals surface area contributed by atoms with Crippen LogP contribution in [0.25, 0.3) is 0 Å². The van der Waals surface area contributed by atoms with Crippen molar-refractivity contribution in [1.29, 1.82) is 0 Å². The third-order valence-corrected chi connectivity index (χ3v) is 7.63. The molecule has 0 aliphatic carbocycles. The molecule has 2 aliphatic heterocycles. The largest absolute Gasteiger partial charge is 0.376 e. The highest BCUT2D eigenvalue weighted by atomic mass is 16.5. The molecule has 2 aromatic rings. The van der Waals surface area contributed by atoms with E-state index in [-0.39, 0.29) is 57.1 Å². The van der Waals surface area contributed by atoms with Crippen LogP contribution in [-0.2, 0) is 32.1 Å². The highest BCUT2D eigenvalue weighted by molar-refractivity contribution is 6.07. The van der Waals surface area contributed by atoms with Crippen molar-refractivity contribution in [3.05, 3.63) is 71.8 Å². The van der Waals surface area contributed by atoms with Crippen LogP contribution in [0.1, 0.15) is 25.0 Å². The lowest BCUT2D eigenvalue weighted by Crippen LogP contribution is -2.66. The van der Waals surface area contributed by atoms with Crippen LogP contribution in [-0.4, -0.2) is 77.3 Å². The number of fused-ring (bicyclic) bond motifs is 1. The Labute approximate surface area is 217 Å². The molecule has 0 bridgehead atoms. The van der Waals surface area contributed by atoms with Crippen molar-refractivity contribution in [3.63, 3.8) is 0 Å². The maximum Gasteiger partial charge on any atom is 0.327 e. The zero-order chi connectivity index (χ0) is 26.8. The second kappa shape index (κ2) is 10.3. The SMILES string of the molecule is CN1C(=O)N2CCN(C(=O)[C@@H](COCc3ccccc3)C(C)(C)C(N)=O)C[C@]2(Cc2ccccc2)C1=O. The average Bonchev–Trinajstić information content (AvgIpc) is 3.07. The van der Waals surface area contributed by atoms with E-state index in [9.17, 15) is 19.2 Å². The van der Waals surface area contributed by atoms with Gasteiger partial charge < -0.3 is 20.3 Å². The second-order valence-corrected chi connectivity index (χ2v) is 10.4. The number of benzene rings is 2. The molecule has 2 aliphatic rings. The van der Waals surface area contributed by atoms with Crippen molar-refractivity contribution in [2.75, 3.05) is 33.3 Å². The summed E-state index contributed by atoms with van der Waals surface area (Å²) in [5.74, 6) is -2.14. The molecule has 37 heavy (non-hydrogen) atoms. The molecule has 2 aromatic carbocycles. The first-order valence-corrected chi connectivity index (χ1v) is 12.4. The number of primary amides is 1. The number of carbonyl (C=O) groups excluding carboxylic acids is 4. The Morgan fingerprint density at radius 2 is 1.59 bits per heavy atom. The molecule has 9 heteroatoms. The quantitative estimate of drug-likeness (QED) is 0.523. The first kappa shape index (κ1) is 26.3. The number of hydrogen-bond donors (Lipinski definition) is 1. The van der Waals surface area contributed by atoms with Crippen LogP contribution in [0.2, 0.25) is 0 Å². The van der Waals surface area contributed by atoms with Crippen molar-refractivity contribution in [2.24, 2.45) is 17.1 Å². The highest BCUT2D eigenvalue weighted by Gasteiger charge is 2.59. The van der Waals surface area contributed by atoms with E-state index >= 15 is 0 Å². The van der Waals surface area contributed by atoms with E-state index < -0.39 is 22.8 Å². The molecular weight excluding hydrogens is 472 g/mol. The van der Waals surface area contributed by atoms with E-state index in [0.29, 0.717) is 0 Å². The number of ether oxygens (including phenoxy) is 1. The molecule has 5 amide bonds. The third kappa shape index (κ3) is 4.96. The fraction of sp³-hybridized carbons (Fsp3) is 0.429. The van der Waals surface area contributed by atoms with E-state index in [0.717, 1.165) is 16.0 Å². The van der Waals surface area contributed by atoms with Gasteiger partial charge in [-0.15, -0.1) is 0 Å². The predicted molar refractivity (Wildman–Crippen MR) is 137 cm³/mol. The standard InChI is InChI=1S/C28H34N4O5/c1-27(2,24(29)34)22(18-37-17-21-12-8-5-9-13-21)23(33)31-14-15-32-26(36)30(3)25(35)28(32,19-31)16-20-10-6-4-7-11-20/h4-13,22H,14-19H2,1-3H3,(H2,29,34)/t22-,28-/m1/s1. The van der Waals surface area contributed by atoms with Crippen LogP contribution >= 0.6 is 0 Å². The van der Waals surface area contributed by atoms with Crippen LogP contribution in [0.15, 0.2) is 60.7 Å². The Balaban J connectivity index is 1.60. The molecule has 2 atom stereocenters. The number of carbonyl (C=O) groups is 4. The number of likely N-dealkylation sites (N-methyl/N-ethyl adjacent to an activating group) is 1. The van der Waals surface area contributed by atoms with E-state index in [4.69, 9.17) is 10.5 Å². The van der Waals surface area contributed by atoms with Gasteiger partial charge in [0.25, 0.3) is 5.91 Å². The topological polar surface area (TPSA) is 113 Å². The van der Waals surface area contributed by atoms with Crippen LogP contribution in [0, 0.1) is 11.3 Å². The molecule has 2 N–H and O–H groups in total. The average molecular weight is 507 g/mol. The molecule has 0 saturated carbocycles. The summed E-state index contributed by atoms with van der Waals surface area (Å²) >= 11 is 0. The van der Waals surface area contributed by atoms with Crippen LogP contribution in [0.5, 0.6) is 0 Å². The number of amides is 5. The number of piperazine rings is 1. The number of imide groups is 1. The second-order valence-electron chi connectivity index (χ2n) is 10.4. The third-order valence-electron chi connectivity index (χ3n) is 7.63. The van der Waals surface area contributed by atoms with Gasteiger partial charge in [0, 0.05) is 26.6 Å². The monoisotopic (exact) mass is 506 g/mol. The maximum absolute atomic E-state index is 14.0. The molecule has 2 heterocycles. The van der Waals surface area contributed by atoms with E-state index in [1.54, 1.807) is 23.6 Å². The fourth-order valence-corrected chi connectivity index (χ4v) is 5.15. The van der Waals surface area contributed by atoms with Gasteiger partial charge in [-0.25, -0.2) is 4.79 Å². The molecular formula is C28H34N4O5. The molecule has 196 valence electrons. The van der Waals surface area contributed by atoms with Crippen molar-refractivity contribution >= 4 is 23.8 Å². The number of rotatable bonds is 9. The minimum absolute atomic E-state index is 0.0116. The van der Waals surface area contributed by atoms with Gasteiger partial charge in [-0.2, -0.15) is 0 Å². The maximum atomic E-state index is 14.0. The van der Waals surface area contributed by atoms with Gasteiger partial charge in [-0.05, 0) is 11.1 Å². The Morgan fingerprint density at radius 1 is 1.00 bits per heavy atom. The molecule has 2 fully saturated rings. The lowest BCUT2D eigenvalue weighted by molar-refractivity contribution is -0.153. The number of hydrogen-bond acceptors (Lipinski definition) is 5. The number of nitrogens with zero attached hydrogens (tertiary/aromatic N) is 3. The first-order valence-electron chi connectivity index (χ1n) is 12.4. The zero-order valence-electron chi connectivity index (χ0n) is 21.6. The minimum atomic E-state index is -1.21. The Bertz CT molecular complexity index is 1170. The summed E-state index contributed by atoms with van der Waals surface area (Å²) in [7, 11) is 1.47. The fourth-order valence-electron chi connectivity index (χ4n) is 5.15. The summed E-state index contributed by atoms with van der Waals surface area (Å²) in [6, 6.07) is 18.6. The molecule has 0 unspecified atom stereocenters. The van der Waals surface area contributed by atoms with Crippen molar-refractivity contribution in [3.8, 4) is 0 Å². The van der Waals surface area contributed by atoms with Gasteiger partial charge in [0.2, 0.25) is 11.8 Å². The predicted octanol–water partition coefficient (Wildman–Crippen LogP) is 2.05. The number of nitrogens with two attached hydrogens (primary N) is 1. The molecule has 0 radical (unpaired) electrons. The molecule has 9 nitrogen and oxygen atoms in total. The van der Waals surface area contributed by atoms with Gasteiger partial charge in [-0.3, -0.25) is 19.3 Å². The Hall–Kier alpha value is -3.72. The normalized spacial score (nSPS) is 20.7. The van der Waals surface area contributed by atoms with Crippen LogP contribution in [0.3, 0.4) is 0 Å². The van der Waals surface area contributed by atoms with Crippen LogP contribution in [0.4, 0.5) is 4.79 Å². The van der Waals surface area contributed by atoms with E-state index in [2.05, 4.69) is 0 Å². The number of urea groups is 1. The van der Waals surface area contributed by atoms with Crippen molar-refractivity contribution < 1.29 is 23.9 Å². The van der Waals surface area contributed by atoms with E-state index in [1.165, 1.54) is 7.05 Å². The van der Waals surface area contributed by atoms with Gasteiger partial charge in [-0.1, -0.05) is 74.5 Å². The lowest BCUT2D eigenvalue weighted by Gasteiger charge is -2.46. The molecule has 4 rings (SSSR count). The zero-order valence-corrected chi connectivity index (χ0v) is 21.6. The first-order chi connectivity index (χ1) is 17.6. The summed E-state index contributed by atoms with van der Waals surface area (Å²) in [5, 5.41) is 0. The van der Waals surface area contributed by atoms with Gasteiger partial charge in [0.05, 0.1) is 31.1 Å². The van der Waals surface area contributed by atoms with Crippen LogP contribution < -0.4 is 5.73 Å². The van der Waals surface area contributed by atoms with E-state index in [1.807, 2.05) is 60.7 Å². The van der Waals surface area contributed by atoms with Crippen molar-refractivity contribution in [1.82, 2.24) is 14.7 Å². The Kier molecular flexibility index (Phi) is 7.36. The summed E-state index contributed by atoms with van der Waals surface area (Å²) in [4.78, 5) is 57.0.